The first-order valence-corrected chi connectivity index (χ1v) is 8.89. The highest BCUT2D eigenvalue weighted by atomic mass is 79.9. The van der Waals surface area contributed by atoms with E-state index in [0.717, 1.165) is 39.7 Å². The molecule has 1 atom stereocenters. The number of aromatic amines is 1. The molecule has 1 heterocycles. The number of nitrogens with zero attached hydrogens (tertiary/aromatic N) is 1. The number of nitrogens with one attached hydrogen (secondary N) is 2. The van der Waals surface area contributed by atoms with Gasteiger partial charge in [-0.25, -0.2) is 4.98 Å². The molecule has 24 heavy (non-hydrogen) atoms. The second-order valence-electron chi connectivity index (χ2n) is 5.90. The van der Waals surface area contributed by atoms with Gasteiger partial charge >= 0.3 is 0 Å². The molecule has 0 saturated carbocycles. The Hall–Kier alpha value is -2.14. The van der Waals surface area contributed by atoms with E-state index in [4.69, 9.17) is 0 Å². The monoisotopic (exact) mass is 385 g/mol. The van der Waals surface area contributed by atoms with Gasteiger partial charge in [0.15, 0.2) is 0 Å². The Bertz CT molecular complexity index is 810. The Morgan fingerprint density at radius 2 is 2.08 bits per heavy atom. The van der Waals surface area contributed by atoms with Crippen LogP contribution in [0.3, 0.4) is 0 Å². The summed E-state index contributed by atoms with van der Waals surface area (Å²) in [5.41, 5.74) is 3.11. The van der Waals surface area contributed by atoms with Crippen LogP contribution < -0.4 is 5.32 Å². The fourth-order valence-corrected chi connectivity index (χ4v) is 3.13. The van der Waals surface area contributed by atoms with Crippen molar-refractivity contribution in [1.82, 2.24) is 15.3 Å². The Balaban J connectivity index is 1.48. The molecule has 0 aliphatic heterocycles. The van der Waals surface area contributed by atoms with Gasteiger partial charge in [-0.15, -0.1) is 0 Å². The molecule has 124 valence electrons. The van der Waals surface area contributed by atoms with E-state index < -0.39 is 0 Å². The summed E-state index contributed by atoms with van der Waals surface area (Å²) < 4.78 is 1.02. The number of imidazole rings is 1. The molecule has 5 heteroatoms. The van der Waals surface area contributed by atoms with Gasteiger partial charge in [0.25, 0.3) is 0 Å². The van der Waals surface area contributed by atoms with Crippen LogP contribution in [0.15, 0.2) is 53.0 Å². The number of amides is 1. The molecule has 3 rings (SSSR count). The highest BCUT2D eigenvalue weighted by Crippen LogP contribution is 2.18. The van der Waals surface area contributed by atoms with Gasteiger partial charge in [0, 0.05) is 17.3 Å². The molecule has 1 amide bonds. The summed E-state index contributed by atoms with van der Waals surface area (Å²) in [5, 5.41) is 3.05. The summed E-state index contributed by atoms with van der Waals surface area (Å²) in [7, 11) is 0. The quantitative estimate of drug-likeness (QED) is 0.654. The lowest BCUT2D eigenvalue weighted by Crippen LogP contribution is -2.26. The van der Waals surface area contributed by atoms with E-state index >= 15 is 0 Å². The number of benzene rings is 2. The van der Waals surface area contributed by atoms with Crippen LogP contribution in [0.5, 0.6) is 0 Å². The highest BCUT2D eigenvalue weighted by Gasteiger charge is 2.10. The molecular weight excluding hydrogens is 366 g/mol. The summed E-state index contributed by atoms with van der Waals surface area (Å²) in [6, 6.07) is 16.0. The Labute approximate surface area is 149 Å². The SMILES string of the molecule is C[C@H](NC(=O)CCCc1nc2ccccc2[nH]1)c1cccc(Br)c1. The Morgan fingerprint density at radius 1 is 1.25 bits per heavy atom. The van der Waals surface area contributed by atoms with Crippen molar-refractivity contribution in [1.29, 1.82) is 0 Å². The largest absolute Gasteiger partial charge is 0.350 e. The van der Waals surface area contributed by atoms with Gasteiger partial charge in [0.05, 0.1) is 17.1 Å². The third-order valence-electron chi connectivity index (χ3n) is 3.98. The number of para-hydroxylation sites is 2. The lowest BCUT2D eigenvalue weighted by Gasteiger charge is -2.14. The van der Waals surface area contributed by atoms with Crippen molar-refractivity contribution in [2.75, 3.05) is 0 Å². The predicted molar refractivity (Wildman–Crippen MR) is 99.7 cm³/mol. The molecule has 2 aromatic carbocycles. The minimum atomic E-state index is 0.00111. The lowest BCUT2D eigenvalue weighted by molar-refractivity contribution is -0.121. The molecule has 0 saturated heterocycles. The molecule has 0 spiro atoms. The van der Waals surface area contributed by atoms with Gasteiger partial charge in [-0.3, -0.25) is 4.79 Å². The van der Waals surface area contributed by atoms with Crippen molar-refractivity contribution in [2.45, 2.75) is 32.2 Å². The number of carbonyl (C=O) groups excluding carboxylic acids is 1. The zero-order valence-corrected chi connectivity index (χ0v) is 15.1. The maximum atomic E-state index is 12.1. The fourth-order valence-electron chi connectivity index (χ4n) is 2.71. The number of aromatic nitrogens is 2. The number of aryl methyl sites for hydroxylation is 1. The molecule has 0 bridgehead atoms. The number of hydrogen-bond donors (Lipinski definition) is 2. The highest BCUT2D eigenvalue weighted by molar-refractivity contribution is 9.10. The van der Waals surface area contributed by atoms with Gasteiger partial charge in [0.2, 0.25) is 5.91 Å². The zero-order valence-electron chi connectivity index (χ0n) is 13.6. The molecule has 4 nitrogen and oxygen atoms in total. The van der Waals surface area contributed by atoms with Gasteiger partial charge in [-0.1, -0.05) is 40.2 Å². The van der Waals surface area contributed by atoms with Crippen molar-refractivity contribution < 1.29 is 4.79 Å². The Kier molecular flexibility index (Phi) is 5.30. The van der Waals surface area contributed by atoms with Gasteiger partial charge in [-0.05, 0) is 43.2 Å². The second-order valence-corrected chi connectivity index (χ2v) is 6.81. The number of rotatable bonds is 6. The van der Waals surface area contributed by atoms with Crippen molar-refractivity contribution >= 4 is 32.9 Å². The van der Waals surface area contributed by atoms with E-state index in [2.05, 4.69) is 31.2 Å². The van der Waals surface area contributed by atoms with E-state index in [1.807, 2.05) is 55.5 Å². The molecule has 0 radical (unpaired) electrons. The fraction of sp³-hybridized carbons (Fsp3) is 0.263. The smallest absolute Gasteiger partial charge is 0.220 e. The van der Waals surface area contributed by atoms with E-state index in [9.17, 15) is 4.79 Å². The zero-order chi connectivity index (χ0) is 16.9. The van der Waals surface area contributed by atoms with Crippen LogP contribution in [0, 0.1) is 0 Å². The molecule has 2 N–H and O–H groups in total. The van der Waals surface area contributed by atoms with Crippen molar-refractivity contribution in [3.63, 3.8) is 0 Å². The van der Waals surface area contributed by atoms with E-state index in [0.29, 0.717) is 6.42 Å². The van der Waals surface area contributed by atoms with Gasteiger partial charge in [-0.2, -0.15) is 0 Å². The normalized spacial score (nSPS) is 12.2. The first-order chi connectivity index (χ1) is 11.6. The van der Waals surface area contributed by atoms with Crippen LogP contribution in [0.2, 0.25) is 0 Å². The van der Waals surface area contributed by atoms with Gasteiger partial charge in [0.1, 0.15) is 5.82 Å². The average Bonchev–Trinajstić information content (AvgIpc) is 2.97. The first kappa shape index (κ1) is 16.7. The summed E-state index contributed by atoms with van der Waals surface area (Å²) >= 11 is 3.46. The summed E-state index contributed by atoms with van der Waals surface area (Å²) in [4.78, 5) is 20.0. The topological polar surface area (TPSA) is 57.8 Å². The number of carbonyl (C=O) groups is 1. The molecule has 0 aliphatic carbocycles. The second kappa shape index (κ2) is 7.62. The molecular formula is C19H20BrN3O. The average molecular weight is 386 g/mol. The minimum Gasteiger partial charge on any atom is -0.350 e. The predicted octanol–water partition coefficient (Wildman–Crippen LogP) is 4.53. The lowest BCUT2D eigenvalue weighted by atomic mass is 10.1. The molecule has 1 aromatic heterocycles. The number of halogens is 1. The first-order valence-electron chi connectivity index (χ1n) is 8.10. The van der Waals surface area contributed by atoms with Crippen molar-refractivity contribution in [3.05, 3.63) is 64.4 Å². The van der Waals surface area contributed by atoms with Crippen LogP contribution in [0.25, 0.3) is 11.0 Å². The van der Waals surface area contributed by atoms with Crippen molar-refractivity contribution in [3.8, 4) is 0 Å². The summed E-state index contributed by atoms with van der Waals surface area (Å²) in [5.74, 6) is 1.00. The number of fused-ring (bicyclic) bond motifs is 1. The number of hydrogen-bond acceptors (Lipinski definition) is 2. The van der Waals surface area contributed by atoms with Crippen LogP contribution in [0.1, 0.15) is 37.2 Å². The Morgan fingerprint density at radius 3 is 2.88 bits per heavy atom. The molecule has 0 aliphatic rings. The third kappa shape index (κ3) is 4.23. The van der Waals surface area contributed by atoms with Crippen LogP contribution in [0.4, 0.5) is 0 Å². The van der Waals surface area contributed by atoms with E-state index in [-0.39, 0.29) is 11.9 Å². The van der Waals surface area contributed by atoms with Crippen LogP contribution >= 0.6 is 15.9 Å². The molecule has 0 fully saturated rings. The maximum Gasteiger partial charge on any atom is 0.220 e. The molecule has 0 unspecified atom stereocenters. The summed E-state index contributed by atoms with van der Waals surface area (Å²) in [6.07, 6.45) is 2.04. The van der Waals surface area contributed by atoms with E-state index in [1.165, 1.54) is 0 Å². The minimum absolute atomic E-state index is 0.00111. The maximum absolute atomic E-state index is 12.1. The van der Waals surface area contributed by atoms with Crippen LogP contribution in [-0.2, 0) is 11.2 Å². The third-order valence-corrected chi connectivity index (χ3v) is 4.48. The van der Waals surface area contributed by atoms with Crippen LogP contribution in [-0.4, -0.2) is 15.9 Å². The summed E-state index contributed by atoms with van der Waals surface area (Å²) in [6.45, 7) is 2.00. The molecule has 3 aromatic rings. The van der Waals surface area contributed by atoms with Crippen molar-refractivity contribution in [2.24, 2.45) is 0 Å². The number of H-pyrrole nitrogens is 1. The van der Waals surface area contributed by atoms with E-state index in [1.54, 1.807) is 0 Å². The standard InChI is InChI=1S/C19H20BrN3O/c1-13(14-6-4-7-15(20)12-14)21-19(24)11-5-10-18-22-16-8-2-3-9-17(16)23-18/h2-4,6-9,12-13H,5,10-11H2,1H3,(H,21,24)(H,22,23)/t13-/m0/s1. The van der Waals surface area contributed by atoms with Gasteiger partial charge < -0.3 is 10.3 Å².